The molecule has 115 valence electrons. The first-order valence-corrected chi connectivity index (χ1v) is 6.02. The molecule has 1 aromatic carbocycles. The summed E-state index contributed by atoms with van der Waals surface area (Å²) in [6.07, 6.45) is 0. The van der Waals surface area contributed by atoms with Crippen molar-refractivity contribution >= 4 is 35.1 Å². The molecule has 5 nitrogen and oxygen atoms in total. The summed E-state index contributed by atoms with van der Waals surface area (Å²) in [4.78, 5) is 18.5. The molecule has 1 rings (SSSR count). The van der Waals surface area contributed by atoms with Crippen LogP contribution >= 0.6 is 23.2 Å². The van der Waals surface area contributed by atoms with Gasteiger partial charge in [0.05, 0.1) is 0 Å². The predicted octanol–water partition coefficient (Wildman–Crippen LogP) is 2.24. The summed E-state index contributed by atoms with van der Waals surface area (Å²) in [5, 5.41) is 17.8. The van der Waals surface area contributed by atoms with Gasteiger partial charge >= 0.3 is 83.3 Å². The van der Waals surface area contributed by atoms with Crippen LogP contribution in [0.15, 0.2) is 30.4 Å². The quantitative estimate of drug-likeness (QED) is 0.637. The Hall–Kier alpha value is -1.20. The van der Waals surface area contributed by atoms with E-state index in [-0.39, 0.29) is 5.57 Å². The Morgan fingerprint density at radius 1 is 1.35 bits per heavy atom. The van der Waals surface area contributed by atoms with Crippen molar-refractivity contribution in [2.45, 2.75) is 13.8 Å². The molecule has 1 aromatic rings. The Morgan fingerprint density at radius 3 is 2.00 bits per heavy atom. The van der Waals surface area contributed by atoms with E-state index < -0.39 is 11.9 Å². The molecule has 8 heteroatoms. The molecule has 1 N–H and O–H groups in total. The zero-order valence-corrected chi connectivity index (χ0v) is 13.0. The normalized spacial score (nSPS) is 8.30. The summed E-state index contributed by atoms with van der Waals surface area (Å²) in [5.74, 6) is -1.57. The number of carbonyl (C=O) groups is 2. The van der Waals surface area contributed by atoms with E-state index in [0.29, 0.717) is 15.8 Å². The molecule has 0 heterocycles. The molecular weight excluding hydrogens is 359 g/mol. The van der Waals surface area contributed by atoms with Crippen LogP contribution in [0, 0.1) is 0 Å². The molecule has 0 aliphatic heterocycles. The van der Waals surface area contributed by atoms with Gasteiger partial charge in [-0.25, -0.2) is 4.79 Å². The van der Waals surface area contributed by atoms with Crippen LogP contribution in [-0.4, -0.2) is 17.0 Å². The Bertz CT molecular complexity index is 461. The Labute approximate surface area is 135 Å². The van der Waals surface area contributed by atoms with Crippen LogP contribution in [0.1, 0.15) is 13.8 Å². The molecular formula is C12H12Cl2CuO5. The van der Waals surface area contributed by atoms with E-state index in [9.17, 15) is 4.79 Å². The van der Waals surface area contributed by atoms with Crippen molar-refractivity contribution in [2.24, 2.45) is 0 Å². The van der Waals surface area contributed by atoms with Gasteiger partial charge in [-0.05, 0) is 13.8 Å². The fraction of sp³-hybridized carbons (Fsp3) is 0.167. The fourth-order valence-electron chi connectivity index (χ4n) is 0.525. The monoisotopic (exact) mass is 369 g/mol. The molecule has 0 atom stereocenters. The van der Waals surface area contributed by atoms with Crippen molar-refractivity contribution < 1.29 is 40.0 Å². The zero-order chi connectivity index (χ0) is 16.3. The van der Waals surface area contributed by atoms with Crippen molar-refractivity contribution in [2.75, 3.05) is 0 Å². The van der Waals surface area contributed by atoms with Crippen molar-refractivity contribution in [3.63, 3.8) is 0 Å². The minimum atomic E-state index is -1.08. The van der Waals surface area contributed by atoms with Crippen LogP contribution < -0.4 is 8.93 Å². The van der Waals surface area contributed by atoms with E-state index >= 15 is 0 Å². The molecule has 0 aliphatic rings. The Balaban J connectivity index is 0. The average Bonchev–Trinajstić information content (AvgIpc) is 2.29. The van der Waals surface area contributed by atoms with Gasteiger partial charge in [0.15, 0.2) is 0 Å². The van der Waals surface area contributed by atoms with Gasteiger partial charge in [0.1, 0.15) is 0 Å². The maximum atomic E-state index is 9.60. The first kappa shape index (κ1) is 21.1. The van der Waals surface area contributed by atoms with Crippen LogP contribution in [0.3, 0.4) is 0 Å². The number of carboxylic acids is 2. The first-order valence-electron chi connectivity index (χ1n) is 4.88. The number of carboxylic acid groups (broad SMARTS) is 2. The second kappa shape index (κ2) is 11.6. The summed E-state index contributed by atoms with van der Waals surface area (Å²) >= 11 is 15.7. The van der Waals surface area contributed by atoms with Crippen LogP contribution in [0.4, 0.5) is 0 Å². The van der Waals surface area contributed by atoms with Gasteiger partial charge in [0.25, 0.3) is 0 Å². The molecule has 0 saturated carbocycles. The van der Waals surface area contributed by atoms with Crippen LogP contribution in [0.5, 0.6) is 5.75 Å². The maximum absolute atomic E-state index is 9.60. The molecule has 0 aromatic heterocycles. The van der Waals surface area contributed by atoms with Gasteiger partial charge < -0.3 is 15.0 Å². The number of carbonyl (C=O) groups excluding carboxylic acids is 1. The molecule has 0 radical (unpaired) electrons. The SMILES string of the molecule is C=C(C)C(=O)O.CC(=O)[O-].Clc1ccc([O][Cu+])c(Cl)c1. The number of hydrogen-bond donors (Lipinski definition) is 1. The Kier molecular flexibility index (Phi) is 12.3. The van der Waals surface area contributed by atoms with Crippen molar-refractivity contribution in [3.8, 4) is 5.75 Å². The molecule has 0 bridgehead atoms. The molecule has 0 saturated heterocycles. The topological polar surface area (TPSA) is 86.7 Å². The van der Waals surface area contributed by atoms with E-state index in [0.717, 1.165) is 6.92 Å². The number of halogens is 2. The summed E-state index contributed by atoms with van der Waals surface area (Å²) < 4.78 is 4.47. The Morgan fingerprint density at radius 2 is 1.75 bits per heavy atom. The van der Waals surface area contributed by atoms with Gasteiger partial charge in [0, 0.05) is 11.5 Å². The van der Waals surface area contributed by atoms with Crippen molar-refractivity contribution in [1.82, 2.24) is 0 Å². The summed E-state index contributed by atoms with van der Waals surface area (Å²) in [6.45, 7) is 5.57. The standard InChI is InChI=1S/C6H4Cl2O.C4H6O2.C2H4O2.Cu/c7-4-1-2-6(9)5(8)3-4;1-3(2)4(5)6;1-2(3)4;/h1-3,9H;1H2,2H3,(H,5,6);1H3,(H,3,4);/q;;;+2/p-2. The van der Waals surface area contributed by atoms with Gasteiger partial charge in [-0.15, -0.1) is 0 Å². The van der Waals surface area contributed by atoms with Crippen LogP contribution in [0.2, 0.25) is 10.0 Å². The van der Waals surface area contributed by atoms with E-state index in [1.165, 1.54) is 6.92 Å². The number of aliphatic carboxylic acids is 2. The van der Waals surface area contributed by atoms with E-state index in [1.54, 1.807) is 18.2 Å². The van der Waals surface area contributed by atoms with E-state index in [1.807, 2.05) is 0 Å². The summed E-state index contributed by atoms with van der Waals surface area (Å²) in [7, 11) is 0. The van der Waals surface area contributed by atoms with Crippen LogP contribution in [0.25, 0.3) is 0 Å². The van der Waals surface area contributed by atoms with Crippen molar-refractivity contribution in [3.05, 3.63) is 40.4 Å². The van der Waals surface area contributed by atoms with E-state index in [4.69, 9.17) is 38.2 Å². The number of hydrogen-bond acceptors (Lipinski definition) is 4. The second-order valence-corrected chi connectivity index (χ2v) is 4.25. The third kappa shape index (κ3) is 13.2. The third-order valence-corrected chi connectivity index (χ3v) is 2.06. The third-order valence-electron chi connectivity index (χ3n) is 1.33. The van der Waals surface area contributed by atoms with Gasteiger partial charge in [-0.3, -0.25) is 0 Å². The fourth-order valence-corrected chi connectivity index (χ4v) is 1.19. The summed E-state index contributed by atoms with van der Waals surface area (Å²) in [5.41, 5.74) is 0.176. The molecule has 0 fully saturated rings. The molecule has 20 heavy (non-hydrogen) atoms. The van der Waals surface area contributed by atoms with Gasteiger partial charge in [0.2, 0.25) is 0 Å². The first-order chi connectivity index (χ1) is 9.11. The van der Waals surface area contributed by atoms with E-state index in [2.05, 4.69) is 26.7 Å². The van der Waals surface area contributed by atoms with Gasteiger partial charge in [-0.2, -0.15) is 0 Å². The molecule has 0 unspecified atom stereocenters. The number of rotatable bonds is 2. The van der Waals surface area contributed by atoms with Crippen LogP contribution in [-0.2, 0) is 25.9 Å². The minimum absolute atomic E-state index is 0.176. The van der Waals surface area contributed by atoms with Crippen molar-refractivity contribution in [1.29, 1.82) is 0 Å². The zero-order valence-electron chi connectivity index (χ0n) is 10.6. The number of benzene rings is 1. The predicted molar refractivity (Wildman–Crippen MR) is 70.2 cm³/mol. The molecule has 0 amide bonds. The second-order valence-electron chi connectivity index (χ2n) is 3.21. The van der Waals surface area contributed by atoms with Gasteiger partial charge in [-0.1, -0.05) is 6.58 Å². The molecule has 0 spiro atoms. The summed E-state index contributed by atoms with van der Waals surface area (Å²) in [6, 6.07) is 4.85. The average molecular weight is 371 g/mol. The molecule has 0 aliphatic carbocycles.